The highest BCUT2D eigenvalue weighted by Crippen LogP contribution is 2.28. The lowest BCUT2D eigenvalue weighted by Crippen LogP contribution is -2.46. The minimum atomic E-state index is 0.116. The van der Waals surface area contributed by atoms with Gasteiger partial charge in [-0.15, -0.1) is 0 Å². The molecular weight excluding hydrogens is 368 g/mol. The van der Waals surface area contributed by atoms with E-state index in [1.54, 1.807) is 0 Å². The van der Waals surface area contributed by atoms with Crippen LogP contribution in [0, 0.1) is 6.92 Å². The maximum absolute atomic E-state index is 13.2. The van der Waals surface area contributed by atoms with Crippen LogP contribution in [-0.4, -0.2) is 31.1 Å². The summed E-state index contributed by atoms with van der Waals surface area (Å²) in [6, 6.07) is 26.8. The SMILES string of the molecule is Cc1ccccc1CN1CCN(c2cc3ccccc3c(=O)c3ccccc23)CC1. The van der Waals surface area contributed by atoms with Gasteiger partial charge in [0.25, 0.3) is 0 Å². The van der Waals surface area contributed by atoms with Crippen LogP contribution in [0.4, 0.5) is 5.69 Å². The fraction of sp³-hybridized carbons (Fsp3) is 0.222. The third kappa shape index (κ3) is 3.46. The molecule has 1 aliphatic rings. The molecule has 1 aliphatic heterocycles. The number of hydrogen-bond acceptors (Lipinski definition) is 3. The second kappa shape index (κ2) is 7.92. The Kier molecular flexibility index (Phi) is 4.97. The first-order chi connectivity index (χ1) is 14.7. The monoisotopic (exact) mass is 394 g/mol. The summed E-state index contributed by atoms with van der Waals surface area (Å²) in [6.07, 6.45) is 0. The minimum absolute atomic E-state index is 0.116. The van der Waals surface area contributed by atoms with E-state index in [1.807, 2.05) is 42.5 Å². The first kappa shape index (κ1) is 18.8. The molecule has 4 aromatic carbocycles. The molecule has 0 saturated carbocycles. The van der Waals surface area contributed by atoms with Gasteiger partial charge in [0.1, 0.15) is 0 Å². The van der Waals surface area contributed by atoms with Gasteiger partial charge >= 0.3 is 0 Å². The minimum Gasteiger partial charge on any atom is -0.368 e. The quantitative estimate of drug-likeness (QED) is 0.489. The summed E-state index contributed by atoms with van der Waals surface area (Å²) in [4.78, 5) is 18.2. The highest BCUT2D eigenvalue weighted by atomic mass is 16.1. The van der Waals surface area contributed by atoms with Crippen molar-refractivity contribution in [2.24, 2.45) is 0 Å². The molecule has 30 heavy (non-hydrogen) atoms. The van der Waals surface area contributed by atoms with E-state index in [2.05, 4.69) is 53.1 Å². The molecule has 0 radical (unpaired) electrons. The van der Waals surface area contributed by atoms with Gasteiger partial charge in [-0.3, -0.25) is 9.69 Å². The Hall–Kier alpha value is -3.17. The molecule has 0 aromatic heterocycles. The predicted octanol–water partition coefficient (Wildman–Crippen LogP) is 4.98. The van der Waals surface area contributed by atoms with E-state index in [-0.39, 0.29) is 5.43 Å². The van der Waals surface area contributed by atoms with E-state index >= 15 is 0 Å². The van der Waals surface area contributed by atoms with Gasteiger partial charge in [-0.1, -0.05) is 72.8 Å². The van der Waals surface area contributed by atoms with Crippen molar-refractivity contribution in [3.05, 3.63) is 100 Å². The normalized spacial score (nSPS) is 15.0. The number of benzene rings is 3. The Bertz CT molecular complexity index is 1270. The van der Waals surface area contributed by atoms with Crippen molar-refractivity contribution in [3.8, 4) is 0 Å². The zero-order valence-corrected chi connectivity index (χ0v) is 17.3. The standard InChI is InChI=1S/C27H26N2O/c1-20-8-2-3-10-22(20)19-28-14-16-29(17-15-28)26-18-21-9-4-5-11-23(21)27(30)25-13-7-6-12-24(25)26/h2-13,18H,14-17,19H2,1H3. The molecule has 3 nitrogen and oxygen atoms in total. The van der Waals surface area contributed by atoms with Crippen molar-refractivity contribution in [1.82, 2.24) is 4.90 Å². The van der Waals surface area contributed by atoms with Gasteiger partial charge in [0.15, 0.2) is 5.43 Å². The van der Waals surface area contributed by atoms with Crippen molar-refractivity contribution in [2.45, 2.75) is 13.5 Å². The number of piperazine rings is 1. The largest absolute Gasteiger partial charge is 0.368 e. The molecule has 5 rings (SSSR count). The molecule has 1 fully saturated rings. The van der Waals surface area contributed by atoms with Crippen molar-refractivity contribution in [3.63, 3.8) is 0 Å². The van der Waals surface area contributed by atoms with E-state index in [9.17, 15) is 4.79 Å². The van der Waals surface area contributed by atoms with Crippen LogP contribution in [-0.2, 0) is 6.54 Å². The molecule has 0 atom stereocenters. The Morgan fingerprint density at radius 2 is 1.37 bits per heavy atom. The van der Waals surface area contributed by atoms with Gasteiger partial charge in [0, 0.05) is 54.6 Å². The Morgan fingerprint density at radius 3 is 2.13 bits per heavy atom. The summed E-state index contributed by atoms with van der Waals surface area (Å²) in [7, 11) is 0. The molecule has 0 N–H and O–H groups in total. The lowest BCUT2D eigenvalue weighted by Gasteiger charge is -2.36. The second-order valence-corrected chi connectivity index (χ2v) is 8.18. The first-order valence-corrected chi connectivity index (χ1v) is 10.7. The summed E-state index contributed by atoms with van der Waals surface area (Å²) in [5.41, 5.74) is 4.05. The van der Waals surface area contributed by atoms with Crippen LogP contribution in [0.15, 0.2) is 83.7 Å². The summed E-state index contributed by atoms with van der Waals surface area (Å²) < 4.78 is 0. The number of nitrogens with zero attached hydrogens (tertiary/aromatic N) is 2. The highest BCUT2D eigenvalue weighted by Gasteiger charge is 2.20. The van der Waals surface area contributed by atoms with Crippen molar-refractivity contribution >= 4 is 27.2 Å². The summed E-state index contributed by atoms with van der Waals surface area (Å²) in [5, 5.41) is 3.65. The molecule has 1 saturated heterocycles. The average molecular weight is 395 g/mol. The Labute approximate surface area is 177 Å². The van der Waals surface area contributed by atoms with Crippen molar-refractivity contribution < 1.29 is 0 Å². The molecule has 150 valence electrons. The van der Waals surface area contributed by atoms with Crippen LogP contribution in [0.5, 0.6) is 0 Å². The van der Waals surface area contributed by atoms with Gasteiger partial charge in [-0.2, -0.15) is 0 Å². The molecule has 1 heterocycles. The molecule has 0 amide bonds. The topological polar surface area (TPSA) is 23.6 Å². The van der Waals surface area contributed by atoms with Crippen molar-refractivity contribution in [1.29, 1.82) is 0 Å². The van der Waals surface area contributed by atoms with Gasteiger partial charge in [0.2, 0.25) is 0 Å². The van der Waals surface area contributed by atoms with E-state index in [0.29, 0.717) is 0 Å². The van der Waals surface area contributed by atoms with Crippen LogP contribution < -0.4 is 10.3 Å². The Balaban J connectivity index is 1.49. The number of fused-ring (bicyclic) bond motifs is 2. The summed E-state index contributed by atoms with van der Waals surface area (Å²) >= 11 is 0. The Morgan fingerprint density at radius 1 is 0.733 bits per heavy atom. The van der Waals surface area contributed by atoms with Gasteiger partial charge in [0.05, 0.1) is 0 Å². The lowest BCUT2D eigenvalue weighted by molar-refractivity contribution is 0.249. The molecule has 0 bridgehead atoms. The van der Waals surface area contributed by atoms with E-state index in [0.717, 1.165) is 54.3 Å². The maximum Gasteiger partial charge on any atom is 0.194 e. The zero-order chi connectivity index (χ0) is 20.5. The fourth-order valence-electron chi connectivity index (χ4n) is 4.54. The summed E-state index contributed by atoms with van der Waals surface area (Å²) in [5.74, 6) is 0. The van der Waals surface area contributed by atoms with E-state index in [4.69, 9.17) is 0 Å². The maximum atomic E-state index is 13.2. The third-order valence-electron chi connectivity index (χ3n) is 6.31. The molecule has 0 aliphatic carbocycles. The molecule has 3 heteroatoms. The van der Waals surface area contributed by atoms with Gasteiger partial charge in [-0.25, -0.2) is 0 Å². The van der Waals surface area contributed by atoms with Crippen LogP contribution in [0.3, 0.4) is 0 Å². The smallest absolute Gasteiger partial charge is 0.194 e. The van der Waals surface area contributed by atoms with Gasteiger partial charge in [-0.05, 0) is 29.5 Å². The van der Waals surface area contributed by atoms with Crippen LogP contribution in [0.25, 0.3) is 21.5 Å². The van der Waals surface area contributed by atoms with Crippen LogP contribution >= 0.6 is 0 Å². The van der Waals surface area contributed by atoms with Crippen molar-refractivity contribution in [2.75, 3.05) is 31.1 Å². The average Bonchev–Trinajstić information content (AvgIpc) is 2.91. The second-order valence-electron chi connectivity index (χ2n) is 8.18. The predicted molar refractivity (Wildman–Crippen MR) is 126 cm³/mol. The highest BCUT2D eigenvalue weighted by molar-refractivity contribution is 6.01. The van der Waals surface area contributed by atoms with E-state index in [1.165, 1.54) is 16.8 Å². The fourth-order valence-corrected chi connectivity index (χ4v) is 4.54. The third-order valence-corrected chi connectivity index (χ3v) is 6.31. The first-order valence-electron chi connectivity index (χ1n) is 10.7. The molecule has 0 unspecified atom stereocenters. The summed E-state index contributed by atoms with van der Waals surface area (Å²) in [6.45, 7) is 7.14. The van der Waals surface area contributed by atoms with Crippen LogP contribution in [0.1, 0.15) is 11.1 Å². The number of hydrogen-bond donors (Lipinski definition) is 0. The van der Waals surface area contributed by atoms with Crippen LogP contribution in [0.2, 0.25) is 0 Å². The van der Waals surface area contributed by atoms with Gasteiger partial charge < -0.3 is 4.90 Å². The molecule has 0 spiro atoms. The molecule has 4 aromatic rings. The number of anilines is 1. The van der Waals surface area contributed by atoms with E-state index < -0.39 is 0 Å². The lowest BCUT2D eigenvalue weighted by atomic mass is 10.1. The zero-order valence-electron chi connectivity index (χ0n) is 17.3. The molecular formula is C27H26N2O. The number of rotatable bonds is 3. The number of aryl methyl sites for hydroxylation is 1.